The molecule has 6 nitrogen and oxygen atoms in total. The predicted octanol–water partition coefficient (Wildman–Crippen LogP) is 5.33. The number of aryl methyl sites for hydroxylation is 4. The van der Waals surface area contributed by atoms with Gasteiger partial charge in [-0.2, -0.15) is 0 Å². The maximum Gasteiger partial charge on any atom is 0.328 e. The van der Waals surface area contributed by atoms with Gasteiger partial charge in [0.1, 0.15) is 0 Å². The summed E-state index contributed by atoms with van der Waals surface area (Å²) < 4.78 is 5.44. The predicted molar refractivity (Wildman–Crippen MR) is 149 cm³/mol. The van der Waals surface area contributed by atoms with Crippen molar-refractivity contribution in [1.29, 1.82) is 0 Å². The summed E-state index contributed by atoms with van der Waals surface area (Å²) in [6, 6.07) is 10.7. The number of fused-ring (bicyclic) bond motifs is 2. The summed E-state index contributed by atoms with van der Waals surface area (Å²) in [6.07, 6.45) is 3.57. The molecule has 0 bridgehead atoms. The lowest BCUT2D eigenvalue weighted by atomic mass is 9.82. The normalized spacial score (nSPS) is 12.6. The third-order valence-corrected chi connectivity index (χ3v) is 7.31. The van der Waals surface area contributed by atoms with Crippen molar-refractivity contribution in [1.82, 2.24) is 19.0 Å². The van der Waals surface area contributed by atoms with Gasteiger partial charge in [-0.25, -0.2) is 4.79 Å². The molecule has 0 unspecified atom stereocenters. The van der Waals surface area contributed by atoms with Crippen molar-refractivity contribution in [2.45, 2.75) is 65.2 Å². The molecule has 1 N–H and O–H groups in total. The maximum atomic E-state index is 13.2. The highest BCUT2D eigenvalue weighted by Crippen LogP contribution is 2.31. The molecular formula is C30H40N4O2. The molecular weight excluding hydrogens is 448 g/mol. The second-order valence-electron chi connectivity index (χ2n) is 12.1. The SMILES string of the molecule is Cn1cc(C(=O)NCCCc2cc3c(cc2C(C)(C)C)n(C)c(=O)n3C)c2cc(C(C)(C)C)ccc21. The highest BCUT2D eigenvalue weighted by atomic mass is 16.2. The lowest BCUT2D eigenvalue weighted by molar-refractivity contribution is 0.0954. The van der Waals surface area contributed by atoms with Gasteiger partial charge in [-0.1, -0.05) is 47.6 Å². The van der Waals surface area contributed by atoms with Crippen molar-refractivity contribution >= 4 is 27.8 Å². The van der Waals surface area contributed by atoms with E-state index in [-0.39, 0.29) is 22.4 Å². The Morgan fingerprint density at radius 3 is 2.11 bits per heavy atom. The lowest BCUT2D eigenvalue weighted by Crippen LogP contribution is -2.25. The molecule has 4 aromatic rings. The average molecular weight is 489 g/mol. The van der Waals surface area contributed by atoms with Crippen molar-refractivity contribution < 1.29 is 4.79 Å². The standard InChI is InChI=1S/C30H40N4O2/c1-29(2,3)20-12-13-24-21(16-20)22(18-32(24)7)27(35)31-14-10-11-19-15-25-26(17-23(19)30(4,5)6)34(9)28(36)33(25)8/h12-13,15-18H,10-11,14H2,1-9H3,(H,31,35). The van der Waals surface area contributed by atoms with Crippen molar-refractivity contribution in [2.24, 2.45) is 21.1 Å². The summed E-state index contributed by atoms with van der Waals surface area (Å²) in [4.78, 5) is 25.6. The van der Waals surface area contributed by atoms with Crippen LogP contribution in [0.25, 0.3) is 21.9 Å². The summed E-state index contributed by atoms with van der Waals surface area (Å²) in [7, 11) is 5.63. The first-order valence-electron chi connectivity index (χ1n) is 12.8. The smallest absolute Gasteiger partial charge is 0.328 e. The fourth-order valence-electron chi connectivity index (χ4n) is 5.11. The van der Waals surface area contributed by atoms with Crippen LogP contribution in [0.2, 0.25) is 0 Å². The fourth-order valence-corrected chi connectivity index (χ4v) is 5.11. The molecule has 36 heavy (non-hydrogen) atoms. The van der Waals surface area contributed by atoms with Crippen LogP contribution in [0.1, 0.15) is 75.0 Å². The molecule has 4 rings (SSSR count). The molecule has 0 spiro atoms. The fraction of sp³-hybridized carbons (Fsp3) is 0.467. The summed E-state index contributed by atoms with van der Waals surface area (Å²) in [5.74, 6) is -0.0383. The van der Waals surface area contributed by atoms with Gasteiger partial charge in [0.05, 0.1) is 16.6 Å². The highest BCUT2D eigenvalue weighted by Gasteiger charge is 2.22. The van der Waals surface area contributed by atoms with Gasteiger partial charge in [0.2, 0.25) is 0 Å². The first-order chi connectivity index (χ1) is 16.7. The topological polar surface area (TPSA) is 61.0 Å². The number of aromatic nitrogens is 3. The Bertz CT molecular complexity index is 1520. The molecule has 0 radical (unpaired) electrons. The Kier molecular flexibility index (Phi) is 6.44. The molecule has 192 valence electrons. The largest absolute Gasteiger partial charge is 0.352 e. The number of nitrogens with zero attached hydrogens (tertiary/aromatic N) is 3. The van der Waals surface area contributed by atoms with E-state index >= 15 is 0 Å². The van der Waals surface area contributed by atoms with Crippen LogP contribution < -0.4 is 11.0 Å². The molecule has 0 aliphatic rings. The van der Waals surface area contributed by atoms with Crippen LogP contribution in [0.4, 0.5) is 0 Å². The van der Waals surface area contributed by atoms with Gasteiger partial charge < -0.3 is 9.88 Å². The van der Waals surface area contributed by atoms with Crippen LogP contribution >= 0.6 is 0 Å². The number of hydrogen-bond acceptors (Lipinski definition) is 2. The number of imidazole rings is 1. The van der Waals surface area contributed by atoms with E-state index in [0.29, 0.717) is 6.54 Å². The number of carbonyl (C=O) groups excluding carboxylic acids is 1. The second-order valence-corrected chi connectivity index (χ2v) is 12.1. The Labute approximate surface area is 213 Å². The van der Waals surface area contributed by atoms with E-state index < -0.39 is 0 Å². The molecule has 1 amide bonds. The number of amides is 1. The van der Waals surface area contributed by atoms with Crippen LogP contribution in [0.5, 0.6) is 0 Å². The van der Waals surface area contributed by atoms with E-state index in [0.717, 1.165) is 40.3 Å². The number of hydrogen-bond donors (Lipinski definition) is 1. The van der Waals surface area contributed by atoms with E-state index in [1.54, 1.807) is 9.13 Å². The molecule has 2 heterocycles. The van der Waals surface area contributed by atoms with E-state index in [9.17, 15) is 9.59 Å². The molecule has 2 aromatic carbocycles. The van der Waals surface area contributed by atoms with Gasteiger partial charge in [0.15, 0.2) is 0 Å². The zero-order valence-electron chi connectivity index (χ0n) is 23.2. The first-order valence-corrected chi connectivity index (χ1v) is 12.8. The van der Waals surface area contributed by atoms with Gasteiger partial charge in [-0.3, -0.25) is 13.9 Å². The number of rotatable bonds is 5. The van der Waals surface area contributed by atoms with Crippen LogP contribution in [0.3, 0.4) is 0 Å². The lowest BCUT2D eigenvalue weighted by Gasteiger charge is -2.23. The summed E-state index contributed by atoms with van der Waals surface area (Å²) >= 11 is 0. The molecule has 0 aliphatic heterocycles. The highest BCUT2D eigenvalue weighted by molar-refractivity contribution is 6.07. The molecule has 2 aromatic heterocycles. The van der Waals surface area contributed by atoms with E-state index in [1.807, 2.05) is 31.9 Å². The zero-order chi connectivity index (χ0) is 26.6. The Morgan fingerprint density at radius 1 is 0.861 bits per heavy atom. The van der Waals surface area contributed by atoms with Crippen molar-refractivity contribution in [3.8, 4) is 0 Å². The number of nitrogens with one attached hydrogen (secondary N) is 1. The van der Waals surface area contributed by atoms with Crippen molar-refractivity contribution in [2.75, 3.05) is 6.54 Å². The van der Waals surface area contributed by atoms with Gasteiger partial charge in [-0.15, -0.1) is 0 Å². The van der Waals surface area contributed by atoms with E-state index in [2.05, 4.69) is 77.2 Å². The molecule has 0 atom stereocenters. The maximum absolute atomic E-state index is 13.2. The van der Waals surface area contributed by atoms with E-state index in [1.165, 1.54) is 16.7 Å². The van der Waals surface area contributed by atoms with Gasteiger partial charge in [0.25, 0.3) is 5.91 Å². The Morgan fingerprint density at radius 2 is 1.50 bits per heavy atom. The minimum Gasteiger partial charge on any atom is -0.352 e. The number of benzene rings is 2. The summed E-state index contributed by atoms with van der Waals surface area (Å²) in [6.45, 7) is 13.8. The average Bonchev–Trinajstić information content (AvgIpc) is 3.24. The van der Waals surface area contributed by atoms with Crippen LogP contribution in [-0.2, 0) is 38.4 Å². The van der Waals surface area contributed by atoms with Crippen molar-refractivity contribution in [3.63, 3.8) is 0 Å². The molecule has 0 saturated carbocycles. The number of carbonyl (C=O) groups is 1. The van der Waals surface area contributed by atoms with Crippen LogP contribution in [0, 0.1) is 0 Å². The molecule has 0 fully saturated rings. The minimum atomic E-state index is -0.0492. The summed E-state index contributed by atoms with van der Waals surface area (Å²) in [5, 5.41) is 4.13. The molecule has 6 heteroatoms. The third-order valence-electron chi connectivity index (χ3n) is 7.31. The summed E-state index contributed by atoms with van der Waals surface area (Å²) in [5.41, 5.74) is 7.32. The van der Waals surface area contributed by atoms with Crippen molar-refractivity contribution in [3.05, 3.63) is 69.3 Å². The Hall–Kier alpha value is -3.28. The monoisotopic (exact) mass is 488 g/mol. The molecule has 0 aliphatic carbocycles. The van der Waals surface area contributed by atoms with Gasteiger partial charge in [0, 0.05) is 44.8 Å². The quantitative estimate of drug-likeness (QED) is 0.386. The van der Waals surface area contributed by atoms with Gasteiger partial charge >= 0.3 is 5.69 Å². The van der Waals surface area contributed by atoms with Crippen LogP contribution in [0.15, 0.2) is 41.3 Å². The second kappa shape index (κ2) is 8.99. The third kappa shape index (κ3) is 4.61. The van der Waals surface area contributed by atoms with E-state index in [4.69, 9.17) is 0 Å². The zero-order valence-corrected chi connectivity index (χ0v) is 23.2. The minimum absolute atomic E-state index is 0.0148. The molecule has 0 saturated heterocycles. The van der Waals surface area contributed by atoms with Crippen LogP contribution in [-0.4, -0.2) is 26.2 Å². The Balaban J connectivity index is 1.53. The first kappa shape index (κ1) is 25.8. The van der Waals surface area contributed by atoms with Gasteiger partial charge in [-0.05, 0) is 64.6 Å².